The Kier molecular flexibility index (Phi) is 5.68. The van der Waals surface area contributed by atoms with E-state index in [4.69, 9.17) is 4.74 Å². The zero-order valence-corrected chi connectivity index (χ0v) is 11.4. The lowest BCUT2D eigenvalue weighted by atomic mass is 10.2. The van der Waals surface area contributed by atoms with Crippen molar-refractivity contribution in [2.45, 2.75) is 32.1 Å². The summed E-state index contributed by atoms with van der Waals surface area (Å²) in [6.07, 6.45) is 1.57. The van der Waals surface area contributed by atoms with Crippen LogP contribution in [0.3, 0.4) is 0 Å². The summed E-state index contributed by atoms with van der Waals surface area (Å²) >= 11 is -1.20. The summed E-state index contributed by atoms with van der Waals surface area (Å²) in [5.74, 6) is 0. The molecule has 0 radical (unpaired) electrons. The average Bonchev–Trinajstić information content (AvgIpc) is 2.28. The number of ether oxygens (including phenoxy) is 1. The number of nitrogens with zero attached hydrogens (tertiary/aromatic N) is 1. The summed E-state index contributed by atoms with van der Waals surface area (Å²) in [6, 6.07) is 9.93. The fourth-order valence-corrected chi connectivity index (χ4v) is 1.57. The highest BCUT2D eigenvalue weighted by Crippen LogP contribution is 2.16. The van der Waals surface area contributed by atoms with Crippen LogP contribution < -0.4 is 0 Å². The SMILES string of the molecule is CC(C)(C)[S+]([O-])N=CCOCc1ccccc1. The monoisotopic (exact) mass is 253 g/mol. The second-order valence-electron chi connectivity index (χ2n) is 4.65. The molecule has 1 unspecified atom stereocenters. The molecule has 3 nitrogen and oxygen atoms in total. The van der Waals surface area contributed by atoms with Gasteiger partial charge in [-0.05, 0) is 26.3 Å². The number of rotatable bonds is 5. The molecule has 1 atom stereocenters. The zero-order chi connectivity index (χ0) is 12.7. The molecule has 1 aromatic rings. The lowest BCUT2D eigenvalue weighted by Gasteiger charge is -2.17. The van der Waals surface area contributed by atoms with E-state index >= 15 is 0 Å². The first-order chi connectivity index (χ1) is 8.00. The molecule has 1 aromatic carbocycles. The lowest BCUT2D eigenvalue weighted by molar-refractivity contribution is 0.160. The van der Waals surface area contributed by atoms with Crippen molar-refractivity contribution in [1.29, 1.82) is 0 Å². The highest BCUT2D eigenvalue weighted by Gasteiger charge is 2.25. The van der Waals surface area contributed by atoms with E-state index in [1.54, 1.807) is 6.21 Å². The molecular formula is C13H19NO2S. The maximum Gasteiger partial charge on any atom is 0.144 e. The third-order valence-corrected chi connectivity index (χ3v) is 3.39. The van der Waals surface area contributed by atoms with Crippen LogP contribution in [-0.4, -0.2) is 22.1 Å². The van der Waals surface area contributed by atoms with Gasteiger partial charge in [0.05, 0.1) is 19.4 Å². The van der Waals surface area contributed by atoms with E-state index in [0.29, 0.717) is 13.2 Å². The van der Waals surface area contributed by atoms with Crippen LogP contribution >= 0.6 is 0 Å². The number of hydrogen-bond acceptors (Lipinski definition) is 3. The Morgan fingerprint density at radius 1 is 1.29 bits per heavy atom. The molecule has 0 fully saturated rings. The van der Waals surface area contributed by atoms with Gasteiger partial charge in [0.1, 0.15) is 16.1 Å². The van der Waals surface area contributed by atoms with Crippen molar-refractivity contribution in [3.63, 3.8) is 0 Å². The Hall–Kier alpha value is -0.840. The van der Waals surface area contributed by atoms with E-state index in [2.05, 4.69) is 4.40 Å². The fourth-order valence-electron chi connectivity index (χ4n) is 1.06. The van der Waals surface area contributed by atoms with Crippen LogP contribution in [0.5, 0.6) is 0 Å². The van der Waals surface area contributed by atoms with E-state index in [9.17, 15) is 4.55 Å². The second-order valence-corrected chi connectivity index (χ2v) is 6.58. The van der Waals surface area contributed by atoms with Gasteiger partial charge in [-0.1, -0.05) is 34.7 Å². The molecule has 0 aliphatic heterocycles. The van der Waals surface area contributed by atoms with Gasteiger partial charge in [0.2, 0.25) is 0 Å². The minimum atomic E-state index is -1.20. The van der Waals surface area contributed by atoms with E-state index < -0.39 is 11.4 Å². The Labute approximate surface area is 106 Å². The summed E-state index contributed by atoms with van der Waals surface area (Å²) in [6.45, 7) is 6.62. The van der Waals surface area contributed by atoms with Crippen molar-refractivity contribution in [2.24, 2.45) is 4.40 Å². The molecule has 0 heterocycles. The largest absolute Gasteiger partial charge is 0.591 e. The summed E-state index contributed by atoms with van der Waals surface area (Å²) in [5, 5.41) is 0. The quantitative estimate of drug-likeness (QED) is 0.460. The molecule has 0 saturated heterocycles. The predicted octanol–water partition coefficient (Wildman–Crippen LogP) is 2.74. The van der Waals surface area contributed by atoms with Crippen LogP contribution in [0, 0.1) is 0 Å². The third kappa shape index (κ3) is 5.86. The van der Waals surface area contributed by atoms with Crippen molar-refractivity contribution in [1.82, 2.24) is 0 Å². The van der Waals surface area contributed by atoms with Gasteiger partial charge in [0, 0.05) is 0 Å². The van der Waals surface area contributed by atoms with Gasteiger partial charge in [-0.15, -0.1) is 0 Å². The maximum absolute atomic E-state index is 11.6. The van der Waals surface area contributed by atoms with Gasteiger partial charge in [-0.25, -0.2) is 0 Å². The molecule has 0 bridgehead atoms. The molecule has 0 amide bonds. The minimum absolute atomic E-state index is 0.310. The van der Waals surface area contributed by atoms with Crippen LogP contribution in [-0.2, 0) is 22.7 Å². The van der Waals surface area contributed by atoms with Crippen LogP contribution in [0.2, 0.25) is 0 Å². The average molecular weight is 253 g/mol. The van der Waals surface area contributed by atoms with Crippen LogP contribution in [0.25, 0.3) is 0 Å². The van der Waals surface area contributed by atoms with E-state index in [0.717, 1.165) is 5.56 Å². The molecule has 0 N–H and O–H groups in total. The number of hydrogen-bond donors (Lipinski definition) is 0. The van der Waals surface area contributed by atoms with Crippen molar-refractivity contribution < 1.29 is 9.29 Å². The smallest absolute Gasteiger partial charge is 0.144 e. The zero-order valence-electron chi connectivity index (χ0n) is 10.6. The van der Waals surface area contributed by atoms with Crippen LogP contribution in [0.4, 0.5) is 0 Å². The Balaban J connectivity index is 2.23. The summed E-state index contributed by atoms with van der Waals surface area (Å²) < 4.78 is 20.6. The molecule has 0 aromatic heterocycles. The maximum atomic E-state index is 11.6. The van der Waals surface area contributed by atoms with Gasteiger partial charge < -0.3 is 9.29 Å². The highest BCUT2D eigenvalue weighted by molar-refractivity contribution is 7.91. The molecule has 17 heavy (non-hydrogen) atoms. The van der Waals surface area contributed by atoms with Crippen LogP contribution in [0.15, 0.2) is 34.7 Å². The number of benzene rings is 1. The van der Waals surface area contributed by atoms with Crippen molar-refractivity contribution in [3.8, 4) is 0 Å². The Morgan fingerprint density at radius 2 is 1.94 bits per heavy atom. The molecule has 4 heteroatoms. The highest BCUT2D eigenvalue weighted by atomic mass is 32.2. The first kappa shape index (κ1) is 14.2. The summed E-state index contributed by atoms with van der Waals surface area (Å²) in [5.41, 5.74) is 1.12. The van der Waals surface area contributed by atoms with Gasteiger partial charge in [-0.3, -0.25) is 0 Å². The van der Waals surface area contributed by atoms with Crippen molar-refractivity contribution >= 4 is 17.6 Å². The second kappa shape index (κ2) is 6.79. The van der Waals surface area contributed by atoms with Crippen molar-refractivity contribution in [2.75, 3.05) is 6.61 Å². The molecular weight excluding hydrogens is 234 g/mol. The van der Waals surface area contributed by atoms with Gasteiger partial charge in [0.25, 0.3) is 0 Å². The molecule has 1 rings (SSSR count). The first-order valence-corrected chi connectivity index (χ1v) is 6.67. The lowest BCUT2D eigenvalue weighted by Crippen LogP contribution is -2.26. The molecule has 0 spiro atoms. The van der Waals surface area contributed by atoms with Gasteiger partial charge in [0.15, 0.2) is 0 Å². The van der Waals surface area contributed by atoms with E-state index in [-0.39, 0.29) is 4.75 Å². The van der Waals surface area contributed by atoms with Crippen LogP contribution in [0.1, 0.15) is 26.3 Å². The molecule has 0 aliphatic carbocycles. The van der Waals surface area contributed by atoms with Gasteiger partial charge in [-0.2, -0.15) is 0 Å². The third-order valence-electron chi connectivity index (χ3n) is 2.00. The summed E-state index contributed by atoms with van der Waals surface area (Å²) in [7, 11) is 0. The molecule has 0 saturated carbocycles. The van der Waals surface area contributed by atoms with E-state index in [1.807, 2.05) is 51.1 Å². The topological polar surface area (TPSA) is 44.7 Å². The predicted molar refractivity (Wildman–Crippen MR) is 72.5 cm³/mol. The van der Waals surface area contributed by atoms with Crippen molar-refractivity contribution in [3.05, 3.63) is 35.9 Å². The fraction of sp³-hybridized carbons (Fsp3) is 0.462. The molecule has 0 aliphatic rings. The standard InChI is InChI=1S/C13H19NO2S/c1-13(2,3)17(15)14-9-10-16-11-12-7-5-4-6-8-12/h4-9H,10-11H2,1-3H3. The normalized spacial score (nSPS) is 14.1. The Morgan fingerprint density at radius 3 is 2.53 bits per heavy atom. The van der Waals surface area contributed by atoms with Gasteiger partial charge >= 0.3 is 0 Å². The first-order valence-electron chi connectivity index (χ1n) is 5.56. The molecule has 94 valence electrons. The van der Waals surface area contributed by atoms with E-state index in [1.165, 1.54) is 0 Å². The minimum Gasteiger partial charge on any atom is -0.591 e. The Bertz CT molecular complexity index is 346. The summed E-state index contributed by atoms with van der Waals surface area (Å²) in [4.78, 5) is 0.